The molecule has 0 saturated heterocycles. The molecule has 110 valence electrons. The number of benzene rings is 1. The van der Waals surface area contributed by atoms with Gasteiger partial charge in [-0.05, 0) is 48.6 Å². The van der Waals surface area contributed by atoms with E-state index in [0.717, 1.165) is 36.0 Å². The Labute approximate surface area is 126 Å². The Morgan fingerprint density at radius 3 is 2.52 bits per heavy atom. The van der Waals surface area contributed by atoms with Crippen molar-refractivity contribution in [3.05, 3.63) is 53.6 Å². The summed E-state index contributed by atoms with van der Waals surface area (Å²) in [4.78, 5) is 11.7. The maximum atomic E-state index is 11.7. The summed E-state index contributed by atoms with van der Waals surface area (Å²) in [6, 6.07) is 9.30. The van der Waals surface area contributed by atoms with E-state index in [-0.39, 0.29) is 5.97 Å². The van der Waals surface area contributed by atoms with Crippen LogP contribution in [0.5, 0.6) is 0 Å². The molecule has 0 spiro atoms. The van der Waals surface area contributed by atoms with Crippen LogP contribution in [0.25, 0.3) is 5.57 Å². The molecule has 3 heteroatoms. The molecule has 0 unspecified atom stereocenters. The summed E-state index contributed by atoms with van der Waals surface area (Å²) in [6.45, 7) is 8.34. The Morgan fingerprint density at radius 1 is 1.33 bits per heavy atom. The molecule has 0 saturated carbocycles. The summed E-state index contributed by atoms with van der Waals surface area (Å²) in [5.74, 6) is -0.335. The van der Waals surface area contributed by atoms with Crippen LogP contribution in [0.2, 0.25) is 0 Å². The van der Waals surface area contributed by atoms with E-state index in [1.807, 2.05) is 12.1 Å². The lowest BCUT2D eigenvalue weighted by molar-refractivity contribution is -0.137. The van der Waals surface area contributed by atoms with E-state index < -0.39 is 0 Å². The Balaban J connectivity index is 2.98. The molecule has 0 fully saturated rings. The summed E-state index contributed by atoms with van der Waals surface area (Å²) in [5, 5.41) is 8.83. The van der Waals surface area contributed by atoms with Crippen LogP contribution >= 0.6 is 0 Å². The van der Waals surface area contributed by atoms with Crippen molar-refractivity contribution in [2.24, 2.45) is 0 Å². The maximum Gasteiger partial charge on any atom is 0.331 e. The van der Waals surface area contributed by atoms with Gasteiger partial charge < -0.3 is 4.74 Å². The maximum absolute atomic E-state index is 11.7. The zero-order valence-electron chi connectivity index (χ0n) is 12.7. The monoisotopic (exact) mass is 283 g/mol. The van der Waals surface area contributed by atoms with Crippen molar-refractivity contribution >= 4 is 11.5 Å². The Morgan fingerprint density at radius 2 is 2.00 bits per heavy atom. The van der Waals surface area contributed by atoms with Gasteiger partial charge in [-0.25, -0.2) is 4.79 Å². The quantitative estimate of drug-likeness (QED) is 0.427. The van der Waals surface area contributed by atoms with Gasteiger partial charge in [-0.15, -0.1) is 0 Å². The van der Waals surface area contributed by atoms with E-state index in [9.17, 15) is 4.79 Å². The van der Waals surface area contributed by atoms with Gasteiger partial charge in [0.1, 0.15) is 0 Å². The highest BCUT2D eigenvalue weighted by molar-refractivity contribution is 5.89. The lowest BCUT2D eigenvalue weighted by atomic mass is 9.94. The predicted molar refractivity (Wildman–Crippen MR) is 84.4 cm³/mol. The molecule has 1 rings (SSSR count). The van der Waals surface area contributed by atoms with Crippen molar-refractivity contribution < 1.29 is 9.53 Å². The van der Waals surface area contributed by atoms with Gasteiger partial charge in [0, 0.05) is 6.08 Å². The Kier molecular flexibility index (Phi) is 6.97. The molecule has 0 aliphatic heterocycles. The molecule has 0 atom stereocenters. The van der Waals surface area contributed by atoms with Crippen LogP contribution in [0, 0.1) is 11.3 Å². The first kappa shape index (κ1) is 16.7. The number of unbranched alkanes of at least 4 members (excludes halogenated alkanes) is 1. The lowest BCUT2D eigenvalue weighted by Crippen LogP contribution is -2.02. The number of rotatable bonds is 7. The third kappa shape index (κ3) is 5.27. The average molecular weight is 283 g/mol. The number of allylic oxidation sites excluding steroid dienone is 2. The number of ether oxygens (including phenoxy) is 1. The van der Waals surface area contributed by atoms with Crippen molar-refractivity contribution in [3.63, 3.8) is 0 Å². The van der Waals surface area contributed by atoms with Crippen LogP contribution in [-0.2, 0) is 9.53 Å². The number of esters is 1. The molecule has 0 amide bonds. The van der Waals surface area contributed by atoms with E-state index in [1.54, 1.807) is 19.1 Å². The second-order valence-electron chi connectivity index (χ2n) is 4.69. The highest BCUT2D eigenvalue weighted by Crippen LogP contribution is 2.25. The zero-order valence-corrected chi connectivity index (χ0v) is 12.7. The van der Waals surface area contributed by atoms with E-state index in [2.05, 4.69) is 19.6 Å². The fourth-order valence-corrected chi connectivity index (χ4v) is 1.93. The first-order valence-electron chi connectivity index (χ1n) is 7.19. The molecule has 0 radical (unpaired) electrons. The third-order valence-electron chi connectivity index (χ3n) is 3.13. The molecule has 1 aromatic rings. The third-order valence-corrected chi connectivity index (χ3v) is 3.13. The number of hydrogen-bond donors (Lipinski definition) is 0. The van der Waals surface area contributed by atoms with Crippen molar-refractivity contribution in [1.29, 1.82) is 5.26 Å². The van der Waals surface area contributed by atoms with Gasteiger partial charge in [0.15, 0.2) is 0 Å². The van der Waals surface area contributed by atoms with Gasteiger partial charge in [0.25, 0.3) is 0 Å². The van der Waals surface area contributed by atoms with Crippen LogP contribution in [0.15, 0.2) is 42.5 Å². The highest BCUT2D eigenvalue weighted by Gasteiger charge is 2.09. The van der Waals surface area contributed by atoms with E-state index in [0.29, 0.717) is 12.2 Å². The topological polar surface area (TPSA) is 50.1 Å². The van der Waals surface area contributed by atoms with E-state index >= 15 is 0 Å². The van der Waals surface area contributed by atoms with Crippen molar-refractivity contribution in [3.8, 4) is 6.07 Å². The fraction of sp³-hybridized carbons (Fsp3) is 0.333. The predicted octanol–water partition coefficient (Wildman–Crippen LogP) is 4.25. The number of nitriles is 1. The van der Waals surface area contributed by atoms with Crippen LogP contribution in [0.1, 0.15) is 44.2 Å². The molecule has 1 aromatic carbocycles. The van der Waals surface area contributed by atoms with Gasteiger partial charge in [-0.3, -0.25) is 0 Å². The highest BCUT2D eigenvalue weighted by atomic mass is 16.5. The SMILES string of the molecule is C=C(/C(=C/C(=O)OCC)CCCC)c1ccc(C#N)cc1. The smallest absolute Gasteiger partial charge is 0.331 e. The van der Waals surface area contributed by atoms with Crippen LogP contribution in [-0.4, -0.2) is 12.6 Å². The zero-order chi connectivity index (χ0) is 15.7. The van der Waals surface area contributed by atoms with Crippen LogP contribution < -0.4 is 0 Å². The van der Waals surface area contributed by atoms with Gasteiger partial charge in [0.2, 0.25) is 0 Å². The van der Waals surface area contributed by atoms with Crippen molar-refractivity contribution in [2.45, 2.75) is 33.1 Å². The standard InChI is InChI=1S/C18H21NO2/c1-4-6-7-17(12-18(20)21-5-2)14(3)16-10-8-15(13-19)9-11-16/h8-12H,3-7H2,1-2H3/b17-12+. The van der Waals surface area contributed by atoms with Gasteiger partial charge in [-0.1, -0.05) is 32.1 Å². The van der Waals surface area contributed by atoms with Gasteiger partial charge >= 0.3 is 5.97 Å². The van der Waals surface area contributed by atoms with Gasteiger partial charge in [-0.2, -0.15) is 5.26 Å². The minimum atomic E-state index is -0.335. The summed E-state index contributed by atoms with van der Waals surface area (Å²) in [7, 11) is 0. The fourth-order valence-electron chi connectivity index (χ4n) is 1.93. The summed E-state index contributed by atoms with van der Waals surface area (Å²) in [5.41, 5.74) is 3.22. The second-order valence-corrected chi connectivity index (χ2v) is 4.69. The minimum absolute atomic E-state index is 0.335. The Hall–Kier alpha value is -2.34. The first-order valence-corrected chi connectivity index (χ1v) is 7.19. The molecule has 0 aliphatic rings. The van der Waals surface area contributed by atoms with Crippen LogP contribution in [0.4, 0.5) is 0 Å². The lowest BCUT2D eigenvalue weighted by Gasteiger charge is -2.11. The molecular weight excluding hydrogens is 262 g/mol. The molecule has 0 bridgehead atoms. The first-order chi connectivity index (χ1) is 10.1. The number of carbonyl (C=O) groups is 1. The molecule has 0 heterocycles. The van der Waals surface area contributed by atoms with Crippen molar-refractivity contribution in [1.82, 2.24) is 0 Å². The van der Waals surface area contributed by atoms with Crippen LogP contribution in [0.3, 0.4) is 0 Å². The largest absolute Gasteiger partial charge is 0.463 e. The molecular formula is C18H21NO2. The summed E-state index contributed by atoms with van der Waals surface area (Å²) < 4.78 is 4.98. The molecule has 0 aliphatic carbocycles. The molecule has 3 nitrogen and oxygen atoms in total. The number of carbonyl (C=O) groups excluding carboxylic acids is 1. The minimum Gasteiger partial charge on any atom is -0.463 e. The van der Waals surface area contributed by atoms with E-state index in [1.165, 1.54) is 6.08 Å². The number of hydrogen-bond acceptors (Lipinski definition) is 3. The normalized spacial score (nSPS) is 10.8. The summed E-state index contributed by atoms with van der Waals surface area (Å²) in [6.07, 6.45) is 4.34. The van der Waals surface area contributed by atoms with E-state index in [4.69, 9.17) is 10.00 Å². The second kappa shape index (κ2) is 8.76. The summed E-state index contributed by atoms with van der Waals surface area (Å²) >= 11 is 0. The molecule has 21 heavy (non-hydrogen) atoms. The molecule has 0 aromatic heterocycles. The molecule has 0 N–H and O–H groups in total. The Bertz CT molecular complexity index is 562. The van der Waals surface area contributed by atoms with Crippen molar-refractivity contribution in [2.75, 3.05) is 6.61 Å². The average Bonchev–Trinajstić information content (AvgIpc) is 2.51. The number of nitrogens with zero attached hydrogens (tertiary/aromatic N) is 1. The van der Waals surface area contributed by atoms with Gasteiger partial charge in [0.05, 0.1) is 18.2 Å².